The molecular weight excluding hydrogens is 336 g/mol. The smallest absolute Gasteiger partial charge is 0.306 e. The Hall–Kier alpha value is -1.12. The summed E-state index contributed by atoms with van der Waals surface area (Å²) in [6.45, 7) is 4.99. The Balaban J connectivity index is 1.33. The van der Waals surface area contributed by atoms with Crippen LogP contribution in [0.2, 0.25) is 0 Å². The molecule has 1 saturated heterocycles. The highest BCUT2D eigenvalue weighted by Gasteiger charge is 2.81. The molecule has 0 aromatic rings. The van der Waals surface area contributed by atoms with E-state index in [9.17, 15) is 9.59 Å². The van der Waals surface area contributed by atoms with Crippen molar-refractivity contribution in [3.63, 3.8) is 0 Å². The standard InChI is InChI=1S/C24H30O3/c1-22-6-3-12(25)9-17(22)13-10-14(13)20-16(22)4-7-23(2)21(20)15-11-18(15)24(23)8-5-19(26)27-24/h9,13-16,18,20-21H,3-8,10-11H2,1-2H3/t13-,14+,15-,16+,18+,20-,21+,22-,23+,24-/m1/s1. The average Bonchev–Trinajstić information content (AvgIpc) is 3.53. The van der Waals surface area contributed by atoms with Crippen LogP contribution in [0.25, 0.3) is 0 Å². The van der Waals surface area contributed by atoms with E-state index in [1.165, 1.54) is 31.3 Å². The van der Waals surface area contributed by atoms with Gasteiger partial charge in [-0.25, -0.2) is 0 Å². The summed E-state index contributed by atoms with van der Waals surface area (Å²) in [6, 6.07) is 0. The maximum Gasteiger partial charge on any atom is 0.306 e. The van der Waals surface area contributed by atoms with Crippen LogP contribution in [-0.2, 0) is 14.3 Å². The Morgan fingerprint density at radius 2 is 1.85 bits per heavy atom. The number of esters is 1. The molecule has 0 aromatic carbocycles. The van der Waals surface area contributed by atoms with Crippen LogP contribution in [0.15, 0.2) is 11.6 Å². The van der Waals surface area contributed by atoms with Gasteiger partial charge in [0.05, 0.1) is 0 Å². The fourth-order valence-corrected chi connectivity index (χ4v) is 9.74. The molecule has 144 valence electrons. The molecule has 6 aliphatic carbocycles. The zero-order valence-corrected chi connectivity index (χ0v) is 16.5. The molecular formula is C24H30O3. The Morgan fingerprint density at radius 3 is 2.63 bits per heavy atom. The number of carbonyl (C=O) groups is 2. The predicted molar refractivity (Wildman–Crippen MR) is 99.5 cm³/mol. The van der Waals surface area contributed by atoms with Gasteiger partial charge < -0.3 is 4.74 Å². The van der Waals surface area contributed by atoms with Gasteiger partial charge >= 0.3 is 5.97 Å². The normalized spacial score (nSPS) is 62.0. The van der Waals surface area contributed by atoms with Crippen LogP contribution in [-0.4, -0.2) is 17.4 Å². The summed E-state index contributed by atoms with van der Waals surface area (Å²) in [6.07, 6.45) is 10.6. The van der Waals surface area contributed by atoms with Crippen molar-refractivity contribution in [1.82, 2.24) is 0 Å². The lowest BCUT2D eigenvalue weighted by Gasteiger charge is -2.60. The van der Waals surface area contributed by atoms with Gasteiger partial charge in [-0.05, 0) is 85.5 Å². The highest BCUT2D eigenvalue weighted by Crippen LogP contribution is 2.82. The minimum atomic E-state index is -0.131. The molecule has 7 aliphatic rings. The summed E-state index contributed by atoms with van der Waals surface area (Å²) in [7, 11) is 0. The van der Waals surface area contributed by atoms with Gasteiger partial charge in [0.25, 0.3) is 0 Å². The van der Waals surface area contributed by atoms with Crippen molar-refractivity contribution in [1.29, 1.82) is 0 Å². The third-order valence-corrected chi connectivity index (χ3v) is 10.9. The topological polar surface area (TPSA) is 43.4 Å². The van der Waals surface area contributed by atoms with E-state index < -0.39 is 0 Å². The van der Waals surface area contributed by atoms with E-state index in [4.69, 9.17) is 4.74 Å². The molecule has 5 saturated carbocycles. The molecule has 10 atom stereocenters. The van der Waals surface area contributed by atoms with Gasteiger partial charge in [-0.2, -0.15) is 0 Å². The molecule has 0 N–H and O–H groups in total. The van der Waals surface area contributed by atoms with E-state index in [-0.39, 0.29) is 22.4 Å². The fraction of sp³-hybridized carbons (Fsp3) is 0.833. The van der Waals surface area contributed by atoms with Crippen LogP contribution in [0, 0.1) is 52.3 Å². The second-order valence-corrected chi connectivity index (χ2v) is 11.5. The maximum atomic E-state index is 12.2. The van der Waals surface area contributed by atoms with Gasteiger partial charge in [0.15, 0.2) is 5.78 Å². The van der Waals surface area contributed by atoms with Crippen LogP contribution in [0.4, 0.5) is 0 Å². The molecule has 1 spiro atoms. The molecule has 1 heterocycles. The van der Waals surface area contributed by atoms with Gasteiger partial charge in [-0.1, -0.05) is 19.4 Å². The number of rotatable bonds is 0. The van der Waals surface area contributed by atoms with Crippen LogP contribution in [0.3, 0.4) is 0 Å². The number of carbonyl (C=O) groups excluding carboxylic acids is 2. The van der Waals surface area contributed by atoms with E-state index >= 15 is 0 Å². The first kappa shape index (κ1) is 15.8. The van der Waals surface area contributed by atoms with Crippen molar-refractivity contribution in [3.05, 3.63) is 11.6 Å². The largest absolute Gasteiger partial charge is 0.458 e. The molecule has 0 aromatic heterocycles. The Kier molecular flexibility index (Phi) is 2.56. The van der Waals surface area contributed by atoms with Crippen molar-refractivity contribution in [3.8, 4) is 0 Å². The van der Waals surface area contributed by atoms with E-state index in [0.29, 0.717) is 24.0 Å². The first-order valence-corrected chi connectivity index (χ1v) is 11.4. The van der Waals surface area contributed by atoms with Crippen LogP contribution in [0.5, 0.6) is 0 Å². The first-order valence-electron chi connectivity index (χ1n) is 11.4. The number of ether oxygens (including phenoxy) is 1. The Morgan fingerprint density at radius 1 is 1.00 bits per heavy atom. The van der Waals surface area contributed by atoms with E-state index in [1.807, 2.05) is 0 Å². The second-order valence-electron chi connectivity index (χ2n) is 11.5. The highest BCUT2D eigenvalue weighted by atomic mass is 16.6. The van der Waals surface area contributed by atoms with Crippen molar-refractivity contribution in [2.75, 3.05) is 0 Å². The van der Waals surface area contributed by atoms with E-state index in [2.05, 4.69) is 19.9 Å². The van der Waals surface area contributed by atoms with Crippen LogP contribution >= 0.6 is 0 Å². The highest BCUT2D eigenvalue weighted by molar-refractivity contribution is 5.92. The number of hydrogen-bond acceptors (Lipinski definition) is 3. The molecule has 0 bridgehead atoms. The zero-order valence-electron chi connectivity index (χ0n) is 16.5. The lowest BCUT2D eigenvalue weighted by atomic mass is 9.45. The van der Waals surface area contributed by atoms with Gasteiger partial charge in [-0.3, -0.25) is 9.59 Å². The molecule has 6 fully saturated rings. The summed E-state index contributed by atoms with van der Waals surface area (Å²) >= 11 is 0. The van der Waals surface area contributed by atoms with Crippen molar-refractivity contribution < 1.29 is 14.3 Å². The van der Waals surface area contributed by atoms with Crippen molar-refractivity contribution in [2.24, 2.45) is 52.3 Å². The monoisotopic (exact) mass is 366 g/mol. The van der Waals surface area contributed by atoms with Gasteiger partial charge in [0.1, 0.15) is 5.60 Å². The lowest BCUT2D eigenvalue weighted by molar-refractivity contribution is -0.177. The summed E-state index contributed by atoms with van der Waals surface area (Å²) in [5.74, 6) is 5.65. The third kappa shape index (κ3) is 1.58. The summed E-state index contributed by atoms with van der Waals surface area (Å²) in [5.41, 5.74) is 1.85. The quantitative estimate of drug-likeness (QED) is 0.600. The van der Waals surface area contributed by atoms with Crippen molar-refractivity contribution >= 4 is 11.8 Å². The Bertz CT molecular complexity index is 827. The van der Waals surface area contributed by atoms with Crippen molar-refractivity contribution in [2.45, 2.75) is 70.8 Å². The molecule has 7 rings (SSSR count). The fourth-order valence-electron chi connectivity index (χ4n) is 9.74. The molecule has 27 heavy (non-hydrogen) atoms. The lowest BCUT2D eigenvalue weighted by Crippen LogP contribution is -2.57. The predicted octanol–water partition coefficient (Wildman–Crippen LogP) is 4.31. The summed E-state index contributed by atoms with van der Waals surface area (Å²) in [5, 5.41) is 0. The van der Waals surface area contributed by atoms with E-state index in [1.54, 1.807) is 0 Å². The summed E-state index contributed by atoms with van der Waals surface area (Å²) < 4.78 is 6.22. The third-order valence-electron chi connectivity index (χ3n) is 10.9. The van der Waals surface area contributed by atoms with Gasteiger partial charge in [0, 0.05) is 24.2 Å². The number of hydrogen-bond donors (Lipinski definition) is 0. The number of ketones is 1. The molecule has 1 aliphatic heterocycles. The van der Waals surface area contributed by atoms with Crippen LogP contribution in [0.1, 0.15) is 65.2 Å². The number of fused-ring (bicyclic) bond motifs is 12. The molecule has 3 heteroatoms. The first-order chi connectivity index (χ1) is 12.9. The molecule has 0 amide bonds. The molecule has 0 unspecified atom stereocenters. The summed E-state index contributed by atoms with van der Waals surface area (Å²) in [4.78, 5) is 24.3. The zero-order chi connectivity index (χ0) is 18.3. The van der Waals surface area contributed by atoms with Gasteiger partial charge in [0.2, 0.25) is 0 Å². The second kappa shape index (κ2) is 4.39. The SMILES string of the molecule is C[C@]12CCC(=O)C=C1[C@@H]1C[C@@H]1[C@H]1[C@@H]3[C@@H]4C[C@@H]4[C@]4(CCC(=O)O4)[C@@]3(C)CC[C@@H]12. The molecule has 0 radical (unpaired) electrons. The number of allylic oxidation sites excluding steroid dienone is 1. The van der Waals surface area contributed by atoms with Crippen LogP contribution < -0.4 is 0 Å². The average molecular weight is 367 g/mol. The van der Waals surface area contributed by atoms with E-state index in [0.717, 1.165) is 48.9 Å². The molecule has 3 nitrogen and oxygen atoms in total. The minimum Gasteiger partial charge on any atom is -0.458 e. The Labute approximate surface area is 161 Å². The van der Waals surface area contributed by atoms with Gasteiger partial charge in [-0.15, -0.1) is 0 Å². The minimum absolute atomic E-state index is 0.0561. The maximum absolute atomic E-state index is 12.2.